The largest absolute Gasteiger partial charge is 0.480 e. The maximum absolute atomic E-state index is 12.4. The Morgan fingerprint density at radius 3 is 1.49 bits per heavy atom. The monoisotopic (exact) mass is 561 g/mol. The average molecular weight is 562 g/mol. The number of amides is 8. The number of nitrogens with one attached hydrogen (secondary N) is 7. The zero-order chi connectivity index (χ0) is 30.0. The normalized spacial score (nSPS) is 11.5. The molecule has 0 rings (SSSR count). The first-order chi connectivity index (χ1) is 18.3. The molecule has 13 N–H and O–H groups in total. The molecule has 0 aliphatic rings. The summed E-state index contributed by atoms with van der Waals surface area (Å²) in [7, 11) is 0. The van der Waals surface area contributed by atoms with Gasteiger partial charge >= 0.3 is 5.97 Å². The third-order valence-corrected chi connectivity index (χ3v) is 4.25. The number of rotatable bonds is 18. The Morgan fingerprint density at radius 2 is 1.00 bits per heavy atom. The molecule has 2 atom stereocenters. The van der Waals surface area contributed by atoms with Gasteiger partial charge in [-0.2, -0.15) is 0 Å². The SMILES string of the molecule is NCC(=O)NCC(=O)NCC(=O)N[C@@H](CC(N)=O)C(=O)NCC(=O)N[C@@H](CO)C(=O)NCC(=O)NCC(=O)O. The number of carbonyl (C=O) groups is 9. The maximum atomic E-state index is 12.4. The average Bonchev–Trinajstić information content (AvgIpc) is 2.88. The molecule has 8 amide bonds. The Morgan fingerprint density at radius 1 is 0.590 bits per heavy atom. The van der Waals surface area contributed by atoms with Crippen molar-refractivity contribution in [1.82, 2.24) is 37.2 Å². The molecule has 0 unspecified atom stereocenters. The second-order valence-corrected chi connectivity index (χ2v) is 7.46. The van der Waals surface area contributed by atoms with Crippen LogP contribution in [0.25, 0.3) is 0 Å². The Balaban J connectivity index is 4.74. The topological polar surface area (TPSA) is 330 Å². The summed E-state index contributed by atoms with van der Waals surface area (Å²) in [5.74, 6) is -8.42. The summed E-state index contributed by atoms with van der Waals surface area (Å²) in [6, 6.07) is -3.08. The molecule has 0 aromatic heterocycles. The van der Waals surface area contributed by atoms with Crippen LogP contribution in [0.15, 0.2) is 0 Å². The van der Waals surface area contributed by atoms with Crippen LogP contribution in [0.3, 0.4) is 0 Å². The minimum atomic E-state index is -1.54. The lowest BCUT2D eigenvalue weighted by atomic mass is 10.1. The summed E-state index contributed by atoms with van der Waals surface area (Å²) in [5, 5.41) is 32.4. The van der Waals surface area contributed by atoms with Gasteiger partial charge in [0.2, 0.25) is 47.3 Å². The molecule has 0 saturated carbocycles. The van der Waals surface area contributed by atoms with Crippen molar-refractivity contribution in [2.45, 2.75) is 18.5 Å². The molecule has 0 aromatic rings. The number of primary amides is 1. The van der Waals surface area contributed by atoms with E-state index in [-0.39, 0.29) is 6.54 Å². The number of carboxylic acid groups (broad SMARTS) is 1. The van der Waals surface area contributed by atoms with Crippen LogP contribution in [0.1, 0.15) is 6.42 Å². The van der Waals surface area contributed by atoms with E-state index in [1.807, 2.05) is 5.32 Å². The minimum absolute atomic E-state index is 0.349. The van der Waals surface area contributed by atoms with Crippen LogP contribution in [-0.2, 0) is 43.2 Å². The number of nitrogens with two attached hydrogens (primary N) is 2. The van der Waals surface area contributed by atoms with Gasteiger partial charge in [0.05, 0.1) is 45.8 Å². The number of carboxylic acids is 1. The summed E-state index contributed by atoms with van der Waals surface area (Å²) >= 11 is 0. The Hall–Kier alpha value is -4.85. The lowest BCUT2D eigenvalue weighted by Crippen LogP contribution is -2.55. The third-order valence-electron chi connectivity index (χ3n) is 4.25. The van der Waals surface area contributed by atoms with Gasteiger partial charge in [-0.15, -0.1) is 0 Å². The van der Waals surface area contributed by atoms with E-state index < -0.39 is 111 Å². The van der Waals surface area contributed by atoms with Gasteiger partial charge in [0.1, 0.15) is 18.6 Å². The van der Waals surface area contributed by atoms with Gasteiger partial charge in [-0.3, -0.25) is 43.2 Å². The Kier molecular flexibility index (Phi) is 16.1. The Labute approximate surface area is 220 Å². The van der Waals surface area contributed by atoms with E-state index in [1.54, 1.807) is 0 Å². The number of carbonyl (C=O) groups excluding carboxylic acids is 8. The number of aliphatic hydroxyl groups excluding tert-OH is 1. The standard InChI is InChI=1S/C19H31N9O11/c20-2-12(31)22-3-13(32)23-5-15(34)27-9(1-11(21)30)18(38)26-6-16(35)28-10(8-29)19(39)25-4-14(33)24-7-17(36)37/h9-10,29H,1-8,20H2,(H2,21,30)(H,22,31)(H,23,32)(H,24,33)(H,25,39)(H,26,38)(H,27,34)(H,28,35)(H,36,37)/t9-,10-/m0/s1. The van der Waals surface area contributed by atoms with Gasteiger partial charge in [-0.25, -0.2) is 0 Å². The van der Waals surface area contributed by atoms with Crippen LogP contribution in [0.4, 0.5) is 0 Å². The molecule has 0 radical (unpaired) electrons. The Bertz CT molecular complexity index is 957. The number of aliphatic hydroxyl groups is 1. The molecule has 20 heteroatoms. The van der Waals surface area contributed by atoms with Crippen molar-refractivity contribution in [3.63, 3.8) is 0 Å². The molecule has 0 aliphatic carbocycles. The van der Waals surface area contributed by atoms with Crippen LogP contribution in [0, 0.1) is 0 Å². The highest BCUT2D eigenvalue weighted by molar-refractivity contribution is 5.96. The predicted molar refractivity (Wildman–Crippen MR) is 126 cm³/mol. The molecule has 39 heavy (non-hydrogen) atoms. The van der Waals surface area contributed by atoms with E-state index in [0.717, 1.165) is 0 Å². The zero-order valence-corrected chi connectivity index (χ0v) is 20.5. The van der Waals surface area contributed by atoms with E-state index in [2.05, 4.69) is 31.9 Å². The molecule has 0 fully saturated rings. The van der Waals surface area contributed by atoms with Crippen molar-refractivity contribution in [2.75, 3.05) is 45.9 Å². The molecule has 0 heterocycles. The fraction of sp³-hybridized carbons (Fsp3) is 0.526. The van der Waals surface area contributed by atoms with E-state index in [0.29, 0.717) is 0 Å². The fourth-order valence-electron chi connectivity index (χ4n) is 2.41. The van der Waals surface area contributed by atoms with Gasteiger partial charge in [0.15, 0.2) is 0 Å². The van der Waals surface area contributed by atoms with E-state index >= 15 is 0 Å². The van der Waals surface area contributed by atoms with E-state index in [1.165, 1.54) is 0 Å². The van der Waals surface area contributed by atoms with Crippen molar-refractivity contribution in [3.05, 3.63) is 0 Å². The van der Waals surface area contributed by atoms with Crippen molar-refractivity contribution >= 4 is 53.2 Å². The summed E-state index contributed by atoms with van der Waals surface area (Å²) < 4.78 is 0. The fourth-order valence-corrected chi connectivity index (χ4v) is 2.41. The highest BCUT2D eigenvalue weighted by atomic mass is 16.4. The number of hydrogen-bond acceptors (Lipinski definition) is 11. The van der Waals surface area contributed by atoms with Gasteiger partial charge in [0.25, 0.3) is 0 Å². The molecule has 0 aliphatic heterocycles. The van der Waals surface area contributed by atoms with Crippen LogP contribution in [0.5, 0.6) is 0 Å². The quantitative estimate of drug-likeness (QED) is 0.0743. The maximum Gasteiger partial charge on any atom is 0.322 e. The van der Waals surface area contributed by atoms with Crippen molar-refractivity contribution in [2.24, 2.45) is 11.5 Å². The van der Waals surface area contributed by atoms with Crippen LogP contribution >= 0.6 is 0 Å². The predicted octanol–water partition coefficient (Wildman–Crippen LogP) is -8.55. The number of hydrogen-bond donors (Lipinski definition) is 11. The second-order valence-electron chi connectivity index (χ2n) is 7.46. The molecule has 0 spiro atoms. The summed E-state index contributed by atoms with van der Waals surface area (Å²) in [6.45, 7) is -4.45. The smallest absolute Gasteiger partial charge is 0.322 e. The van der Waals surface area contributed by atoms with Gasteiger partial charge in [-0.1, -0.05) is 0 Å². The van der Waals surface area contributed by atoms with Crippen molar-refractivity contribution in [1.29, 1.82) is 0 Å². The summed E-state index contributed by atoms with van der Waals surface area (Å²) in [4.78, 5) is 104. The molecule has 218 valence electrons. The molecule has 0 saturated heterocycles. The molecule has 0 bridgehead atoms. The lowest BCUT2D eigenvalue weighted by molar-refractivity contribution is -0.138. The van der Waals surface area contributed by atoms with E-state index in [9.17, 15) is 48.3 Å². The molecule has 0 aromatic carbocycles. The van der Waals surface area contributed by atoms with Gasteiger partial charge < -0.3 is 58.9 Å². The van der Waals surface area contributed by atoms with Gasteiger partial charge in [-0.05, 0) is 0 Å². The zero-order valence-electron chi connectivity index (χ0n) is 20.5. The first kappa shape index (κ1) is 34.1. The minimum Gasteiger partial charge on any atom is -0.480 e. The highest BCUT2D eigenvalue weighted by Crippen LogP contribution is 1.93. The van der Waals surface area contributed by atoms with E-state index in [4.69, 9.17) is 16.6 Å². The lowest BCUT2D eigenvalue weighted by Gasteiger charge is -2.19. The van der Waals surface area contributed by atoms with Crippen LogP contribution in [0.2, 0.25) is 0 Å². The number of aliphatic carboxylic acids is 1. The first-order valence-corrected chi connectivity index (χ1v) is 11.0. The second kappa shape index (κ2) is 18.4. The molecular formula is C19H31N9O11. The van der Waals surface area contributed by atoms with Gasteiger partial charge in [0, 0.05) is 0 Å². The van der Waals surface area contributed by atoms with Crippen LogP contribution in [-0.4, -0.2) is 121 Å². The summed E-state index contributed by atoms with van der Waals surface area (Å²) in [6.07, 6.45) is -0.675. The summed E-state index contributed by atoms with van der Waals surface area (Å²) in [5.41, 5.74) is 10.1. The third kappa shape index (κ3) is 16.5. The highest BCUT2D eigenvalue weighted by Gasteiger charge is 2.25. The first-order valence-electron chi connectivity index (χ1n) is 11.0. The molecule has 20 nitrogen and oxygen atoms in total. The van der Waals surface area contributed by atoms with Crippen LogP contribution < -0.4 is 48.7 Å². The van der Waals surface area contributed by atoms with Crippen molar-refractivity contribution < 1.29 is 53.4 Å². The van der Waals surface area contributed by atoms with Crippen molar-refractivity contribution in [3.8, 4) is 0 Å². The molecular weight excluding hydrogens is 530 g/mol.